The number of hydrogen-bond acceptors (Lipinski definition) is 4. The van der Waals surface area contributed by atoms with E-state index in [1.54, 1.807) is 12.1 Å². The summed E-state index contributed by atoms with van der Waals surface area (Å²) in [5.41, 5.74) is 0.766. The third-order valence-electron chi connectivity index (χ3n) is 2.31. The molecule has 1 aliphatic heterocycles. The number of halogens is 1. The van der Waals surface area contributed by atoms with Gasteiger partial charge in [0.05, 0.1) is 19.3 Å². The Hall–Kier alpha value is -0.970. The van der Waals surface area contributed by atoms with E-state index in [1.807, 2.05) is 0 Å². The van der Waals surface area contributed by atoms with Crippen molar-refractivity contribution in [3.63, 3.8) is 0 Å². The van der Waals surface area contributed by atoms with Crippen molar-refractivity contribution in [1.29, 1.82) is 0 Å². The lowest BCUT2D eigenvalue weighted by Crippen LogP contribution is -2.34. The van der Waals surface area contributed by atoms with E-state index in [0.29, 0.717) is 13.2 Å². The fraction of sp³-hybridized carbons (Fsp3) is 0.400. The molecular formula is C10H14ClNO3. The van der Waals surface area contributed by atoms with E-state index >= 15 is 0 Å². The lowest BCUT2D eigenvalue weighted by atomic mass is 10.1. The van der Waals surface area contributed by atoms with E-state index in [2.05, 4.69) is 5.32 Å². The predicted octanol–water partition coefficient (Wildman–Crippen LogP) is 1.18. The molecule has 1 fully saturated rings. The largest absolute Gasteiger partial charge is 0.508 e. The van der Waals surface area contributed by atoms with Gasteiger partial charge >= 0.3 is 0 Å². The van der Waals surface area contributed by atoms with Gasteiger partial charge < -0.3 is 20.3 Å². The number of phenolic OH excluding ortho intramolecular Hbond substituents is 2. The Labute approximate surface area is 94.3 Å². The van der Waals surface area contributed by atoms with E-state index in [4.69, 9.17) is 9.84 Å². The fourth-order valence-corrected chi connectivity index (χ4v) is 1.59. The zero-order chi connectivity index (χ0) is 9.97. The van der Waals surface area contributed by atoms with Gasteiger partial charge in [0, 0.05) is 18.2 Å². The molecule has 1 aromatic carbocycles. The average Bonchev–Trinajstić information content (AvgIpc) is 2.19. The second-order valence-electron chi connectivity index (χ2n) is 3.32. The zero-order valence-electron chi connectivity index (χ0n) is 8.14. The van der Waals surface area contributed by atoms with Crippen molar-refractivity contribution in [3.8, 4) is 11.5 Å². The van der Waals surface area contributed by atoms with Gasteiger partial charge in [-0.1, -0.05) is 0 Å². The normalized spacial score (nSPS) is 20.7. The smallest absolute Gasteiger partial charge is 0.124 e. The van der Waals surface area contributed by atoms with Crippen LogP contribution in [0.3, 0.4) is 0 Å². The summed E-state index contributed by atoms with van der Waals surface area (Å²) in [6.07, 6.45) is 0. The maximum absolute atomic E-state index is 9.59. The van der Waals surface area contributed by atoms with Crippen LogP contribution in [0.4, 0.5) is 0 Å². The molecule has 1 atom stereocenters. The first-order chi connectivity index (χ1) is 6.77. The molecule has 0 radical (unpaired) electrons. The molecule has 0 saturated carbocycles. The van der Waals surface area contributed by atoms with E-state index in [0.717, 1.165) is 12.1 Å². The Balaban J connectivity index is 0.00000112. The van der Waals surface area contributed by atoms with Gasteiger partial charge in [0.25, 0.3) is 0 Å². The van der Waals surface area contributed by atoms with Crippen LogP contribution in [0.2, 0.25) is 0 Å². The van der Waals surface area contributed by atoms with E-state index in [9.17, 15) is 5.11 Å². The number of ether oxygens (including phenoxy) is 1. The van der Waals surface area contributed by atoms with Gasteiger partial charge in [0.2, 0.25) is 0 Å². The minimum atomic E-state index is 0. The van der Waals surface area contributed by atoms with Gasteiger partial charge in [-0.25, -0.2) is 0 Å². The van der Waals surface area contributed by atoms with Crippen molar-refractivity contribution in [3.05, 3.63) is 23.8 Å². The molecule has 2 rings (SSSR count). The topological polar surface area (TPSA) is 61.7 Å². The SMILES string of the molecule is Cl.Oc1ccc([C@H]2COCCN2)c(O)c1. The van der Waals surface area contributed by atoms with Crippen LogP contribution in [0.5, 0.6) is 11.5 Å². The lowest BCUT2D eigenvalue weighted by Gasteiger charge is -2.24. The maximum atomic E-state index is 9.59. The van der Waals surface area contributed by atoms with Crippen molar-refractivity contribution in [1.82, 2.24) is 5.32 Å². The minimum absolute atomic E-state index is 0. The number of benzene rings is 1. The average molecular weight is 232 g/mol. The number of morpholine rings is 1. The summed E-state index contributed by atoms with van der Waals surface area (Å²) in [6, 6.07) is 4.62. The molecule has 0 bridgehead atoms. The highest BCUT2D eigenvalue weighted by molar-refractivity contribution is 5.85. The summed E-state index contributed by atoms with van der Waals surface area (Å²) in [5.74, 6) is 0.177. The van der Waals surface area contributed by atoms with Crippen LogP contribution in [0.1, 0.15) is 11.6 Å². The Bertz CT molecular complexity index is 326. The Morgan fingerprint density at radius 2 is 2.13 bits per heavy atom. The van der Waals surface area contributed by atoms with Crippen molar-refractivity contribution in [2.24, 2.45) is 0 Å². The molecule has 0 aliphatic carbocycles. The summed E-state index contributed by atoms with van der Waals surface area (Å²) < 4.78 is 5.29. The second kappa shape index (κ2) is 5.21. The maximum Gasteiger partial charge on any atom is 0.124 e. The molecule has 0 aromatic heterocycles. The Kier molecular flexibility index (Phi) is 4.20. The molecule has 1 aromatic rings. The monoisotopic (exact) mass is 231 g/mol. The third-order valence-corrected chi connectivity index (χ3v) is 2.31. The molecule has 1 saturated heterocycles. The quantitative estimate of drug-likeness (QED) is 0.679. The summed E-state index contributed by atoms with van der Waals surface area (Å²) >= 11 is 0. The van der Waals surface area contributed by atoms with Gasteiger partial charge in [0.15, 0.2) is 0 Å². The van der Waals surface area contributed by atoms with Crippen LogP contribution in [0.25, 0.3) is 0 Å². The van der Waals surface area contributed by atoms with Crippen LogP contribution in [-0.2, 0) is 4.74 Å². The summed E-state index contributed by atoms with van der Waals surface area (Å²) in [4.78, 5) is 0. The Morgan fingerprint density at radius 1 is 1.33 bits per heavy atom. The fourth-order valence-electron chi connectivity index (χ4n) is 1.59. The number of aromatic hydroxyl groups is 2. The first-order valence-electron chi connectivity index (χ1n) is 4.60. The van der Waals surface area contributed by atoms with E-state index in [-0.39, 0.29) is 29.9 Å². The van der Waals surface area contributed by atoms with Crippen LogP contribution in [0, 0.1) is 0 Å². The number of hydrogen-bond donors (Lipinski definition) is 3. The second-order valence-corrected chi connectivity index (χ2v) is 3.32. The number of phenols is 2. The van der Waals surface area contributed by atoms with Crippen molar-refractivity contribution >= 4 is 12.4 Å². The van der Waals surface area contributed by atoms with E-state index < -0.39 is 0 Å². The highest BCUT2D eigenvalue weighted by Gasteiger charge is 2.18. The highest BCUT2D eigenvalue weighted by Crippen LogP contribution is 2.28. The molecule has 4 nitrogen and oxygen atoms in total. The minimum Gasteiger partial charge on any atom is -0.508 e. The van der Waals surface area contributed by atoms with Gasteiger partial charge in [-0.05, 0) is 12.1 Å². The molecule has 0 spiro atoms. The van der Waals surface area contributed by atoms with Crippen LogP contribution in [-0.4, -0.2) is 30.0 Å². The van der Waals surface area contributed by atoms with Crippen LogP contribution in [0.15, 0.2) is 18.2 Å². The standard InChI is InChI=1S/C10H13NO3.ClH/c12-7-1-2-8(10(13)5-7)9-6-14-4-3-11-9;/h1-2,5,9,11-13H,3-4,6H2;1H/t9-;/m1./s1. The highest BCUT2D eigenvalue weighted by atomic mass is 35.5. The molecular weight excluding hydrogens is 218 g/mol. The molecule has 15 heavy (non-hydrogen) atoms. The first kappa shape index (κ1) is 12.1. The lowest BCUT2D eigenvalue weighted by molar-refractivity contribution is 0.0760. The third kappa shape index (κ3) is 2.75. The van der Waals surface area contributed by atoms with Crippen molar-refractivity contribution < 1.29 is 14.9 Å². The first-order valence-corrected chi connectivity index (χ1v) is 4.60. The zero-order valence-corrected chi connectivity index (χ0v) is 8.96. The van der Waals surface area contributed by atoms with Gasteiger partial charge in [0.1, 0.15) is 11.5 Å². The van der Waals surface area contributed by atoms with Crippen molar-refractivity contribution in [2.75, 3.05) is 19.8 Å². The summed E-state index contributed by atoms with van der Waals surface area (Å²) in [6.45, 7) is 2.04. The van der Waals surface area contributed by atoms with Gasteiger partial charge in [-0.15, -0.1) is 12.4 Å². The molecule has 5 heteroatoms. The molecule has 1 heterocycles. The molecule has 0 unspecified atom stereocenters. The molecule has 0 amide bonds. The molecule has 3 N–H and O–H groups in total. The number of nitrogens with one attached hydrogen (secondary N) is 1. The predicted molar refractivity (Wildman–Crippen MR) is 58.6 cm³/mol. The summed E-state index contributed by atoms with van der Waals surface area (Å²) in [7, 11) is 0. The van der Waals surface area contributed by atoms with Gasteiger partial charge in [-0.2, -0.15) is 0 Å². The van der Waals surface area contributed by atoms with Crippen LogP contribution >= 0.6 is 12.4 Å². The van der Waals surface area contributed by atoms with Crippen molar-refractivity contribution in [2.45, 2.75) is 6.04 Å². The number of rotatable bonds is 1. The van der Waals surface area contributed by atoms with Crippen LogP contribution < -0.4 is 5.32 Å². The van der Waals surface area contributed by atoms with Gasteiger partial charge in [-0.3, -0.25) is 0 Å². The molecule has 1 aliphatic rings. The Morgan fingerprint density at radius 3 is 2.73 bits per heavy atom. The van der Waals surface area contributed by atoms with E-state index in [1.165, 1.54) is 6.07 Å². The molecule has 84 valence electrons. The summed E-state index contributed by atoms with van der Waals surface area (Å²) in [5, 5.41) is 21.9.